The first-order valence-electron chi connectivity index (χ1n) is 5.80. The van der Waals surface area contributed by atoms with Gasteiger partial charge >= 0.3 is 0 Å². The van der Waals surface area contributed by atoms with E-state index in [1.54, 1.807) is 23.7 Å². The summed E-state index contributed by atoms with van der Waals surface area (Å²) in [4.78, 5) is 16.0. The monoisotopic (exact) mass is 363 g/mol. The summed E-state index contributed by atoms with van der Waals surface area (Å²) < 4.78 is 6.04. The number of nitrogens with one attached hydrogen (secondary N) is 1. The number of benzene rings is 1. The predicted octanol–water partition coefficient (Wildman–Crippen LogP) is 3.46. The molecule has 1 aromatic carbocycles. The first kappa shape index (κ1) is 15.2. The number of nitriles is 1. The van der Waals surface area contributed by atoms with E-state index >= 15 is 0 Å². The molecule has 7 heteroatoms. The maximum Gasteiger partial charge on any atom is 0.268 e. The standard InChI is InChI=1S/C14H10BrN3O2S/c1-20-12-3-2-11(15)7-9(12)6-10(8-16)13(19)18-14-17-4-5-21-14/h2-7H,1H3,(H,17,18,19)/b10-6+. The highest BCUT2D eigenvalue weighted by molar-refractivity contribution is 9.10. The molecular weight excluding hydrogens is 354 g/mol. The number of thiazole rings is 1. The number of hydrogen-bond acceptors (Lipinski definition) is 5. The number of methoxy groups -OCH3 is 1. The van der Waals surface area contributed by atoms with Gasteiger partial charge in [-0.05, 0) is 24.3 Å². The van der Waals surface area contributed by atoms with Crippen molar-refractivity contribution in [1.82, 2.24) is 4.98 Å². The van der Waals surface area contributed by atoms with Crippen LogP contribution in [0, 0.1) is 11.3 Å². The molecular formula is C14H10BrN3O2S. The van der Waals surface area contributed by atoms with E-state index in [-0.39, 0.29) is 5.57 Å². The summed E-state index contributed by atoms with van der Waals surface area (Å²) in [6, 6.07) is 7.23. The minimum Gasteiger partial charge on any atom is -0.496 e. The molecule has 1 aromatic heterocycles. The summed E-state index contributed by atoms with van der Waals surface area (Å²) >= 11 is 4.63. The van der Waals surface area contributed by atoms with Gasteiger partial charge in [-0.3, -0.25) is 10.1 Å². The first-order valence-corrected chi connectivity index (χ1v) is 7.47. The van der Waals surface area contributed by atoms with Crippen molar-refractivity contribution in [3.05, 3.63) is 45.4 Å². The minimum absolute atomic E-state index is 0.0263. The number of ether oxygens (including phenoxy) is 1. The van der Waals surface area contributed by atoms with E-state index in [9.17, 15) is 10.1 Å². The highest BCUT2D eigenvalue weighted by Crippen LogP contribution is 2.25. The lowest BCUT2D eigenvalue weighted by Gasteiger charge is -2.06. The molecule has 1 N–H and O–H groups in total. The summed E-state index contributed by atoms with van der Waals surface area (Å²) in [6.07, 6.45) is 3.06. The van der Waals surface area contributed by atoms with E-state index < -0.39 is 5.91 Å². The van der Waals surface area contributed by atoms with Crippen LogP contribution in [0.2, 0.25) is 0 Å². The third-order valence-electron chi connectivity index (χ3n) is 2.51. The van der Waals surface area contributed by atoms with Gasteiger partial charge in [-0.15, -0.1) is 11.3 Å². The van der Waals surface area contributed by atoms with Gasteiger partial charge in [-0.2, -0.15) is 5.26 Å². The molecule has 0 saturated carbocycles. The van der Waals surface area contributed by atoms with Gasteiger partial charge in [0.25, 0.3) is 5.91 Å². The van der Waals surface area contributed by atoms with E-state index in [0.717, 1.165) is 4.47 Å². The fourth-order valence-electron chi connectivity index (χ4n) is 1.57. The fraction of sp³-hybridized carbons (Fsp3) is 0.0714. The number of amides is 1. The SMILES string of the molecule is COc1ccc(Br)cc1/C=C(\C#N)C(=O)Nc1nccs1. The number of carbonyl (C=O) groups is 1. The molecule has 106 valence electrons. The van der Waals surface area contributed by atoms with E-state index in [0.29, 0.717) is 16.4 Å². The summed E-state index contributed by atoms with van der Waals surface area (Å²) in [7, 11) is 1.53. The van der Waals surface area contributed by atoms with E-state index in [1.165, 1.54) is 24.5 Å². The second kappa shape index (κ2) is 7.02. The summed E-state index contributed by atoms with van der Waals surface area (Å²) in [6.45, 7) is 0. The molecule has 0 aliphatic rings. The zero-order valence-electron chi connectivity index (χ0n) is 11.0. The van der Waals surface area contributed by atoms with Crippen molar-refractivity contribution in [3.63, 3.8) is 0 Å². The van der Waals surface area contributed by atoms with Crippen LogP contribution in [-0.4, -0.2) is 18.0 Å². The van der Waals surface area contributed by atoms with E-state index in [4.69, 9.17) is 4.74 Å². The van der Waals surface area contributed by atoms with Crippen LogP contribution in [0.4, 0.5) is 5.13 Å². The number of halogens is 1. The van der Waals surface area contributed by atoms with Gasteiger partial charge in [0, 0.05) is 21.6 Å². The van der Waals surface area contributed by atoms with Crippen LogP contribution in [0.15, 0.2) is 39.8 Å². The molecule has 0 aliphatic carbocycles. The van der Waals surface area contributed by atoms with Crippen molar-refractivity contribution in [2.75, 3.05) is 12.4 Å². The Balaban J connectivity index is 2.30. The highest BCUT2D eigenvalue weighted by atomic mass is 79.9. The van der Waals surface area contributed by atoms with Crippen LogP contribution in [0.25, 0.3) is 6.08 Å². The quantitative estimate of drug-likeness (QED) is 0.666. The van der Waals surface area contributed by atoms with E-state index in [1.807, 2.05) is 12.1 Å². The van der Waals surface area contributed by atoms with Gasteiger partial charge in [-0.25, -0.2) is 4.98 Å². The number of aromatic nitrogens is 1. The third-order valence-corrected chi connectivity index (χ3v) is 3.69. The lowest BCUT2D eigenvalue weighted by molar-refractivity contribution is -0.112. The molecule has 0 bridgehead atoms. The van der Waals surface area contributed by atoms with Gasteiger partial charge in [0.1, 0.15) is 17.4 Å². The third kappa shape index (κ3) is 3.90. The van der Waals surface area contributed by atoms with Crippen LogP contribution < -0.4 is 10.1 Å². The summed E-state index contributed by atoms with van der Waals surface area (Å²) in [5, 5.41) is 13.9. The van der Waals surface area contributed by atoms with Gasteiger partial charge in [0.05, 0.1) is 7.11 Å². The van der Waals surface area contributed by atoms with Crippen molar-refractivity contribution >= 4 is 44.4 Å². The summed E-state index contributed by atoms with van der Waals surface area (Å²) in [5.41, 5.74) is 0.610. The Bertz CT molecular complexity index is 720. The Morgan fingerprint density at radius 1 is 1.57 bits per heavy atom. The largest absolute Gasteiger partial charge is 0.496 e. The Kier molecular flexibility index (Phi) is 5.09. The zero-order valence-corrected chi connectivity index (χ0v) is 13.4. The Labute approximate surface area is 134 Å². The van der Waals surface area contributed by atoms with Crippen molar-refractivity contribution < 1.29 is 9.53 Å². The molecule has 0 aliphatic heterocycles. The molecule has 0 unspecified atom stereocenters. The molecule has 0 fully saturated rings. The van der Waals surface area contributed by atoms with Gasteiger partial charge < -0.3 is 4.74 Å². The number of anilines is 1. The first-order chi connectivity index (χ1) is 10.1. The second-order valence-electron chi connectivity index (χ2n) is 3.85. The molecule has 5 nitrogen and oxygen atoms in total. The molecule has 1 amide bonds. The Morgan fingerprint density at radius 3 is 3.00 bits per heavy atom. The minimum atomic E-state index is -0.505. The van der Waals surface area contributed by atoms with Crippen LogP contribution in [0.5, 0.6) is 5.75 Å². The van der Waals surface area contributed by atoms with Gasteiger partial charge in [0.15, 0.2) is 5.13 Å². The van der Waals surface area contributed by atoms with Crippen LogP contribution in [0.3, 0.4) is 0 Å². The zero-order chi connectivity index (χ0) is 15.2. The molecule has 21 heavy (non-hydrogen) atoms. The lowest BCUT2D eigenvalue weighted by Crippen LogP contribution is -2.13. The van der Waals surface area contributed by atoms with Crippen LogP contribution in [0.1, 0.15) is 5.56 Å². The molecule has 0 saturated heterocycles. The molecule has 2 rings (SSSR count). The highest BCUT2D eigenvalue weighted by Gasteiger charge is 2.12. The molecule has 0 atom stereocenters. The maximum absolute atomic E-state index is 12.0. The predicted molar refractivity (Wildman–Crippen MR) is 85.0 cm³/mol. The normalized spacial score (nSPS) is 10.8. The topological polar surface area (TPSA) is 75.0 Å². The average Bonchev–Trinajstić information content (AvgIpc) is 2.97. The Morgan fingerprint density at radius 2 is 2.38 bits per heavy atom. The molecule has 0 spiro atoms. The maximum atomic E-state index is 12.0. The number of nitrogens with zero attached hydrogens (tertiary/aromatic N) is 2. The van der Waals surface area contributed by atoms with Crippen LogP contribution in [-0.2, 0) is 4.79 Å². The second-order valence-corrected chi connectivity index (χ2v) is 5.66. The number of rotatable bonds is 4. The van der Waals surface area contributed by atoms with Crippen molar-refractivity contribution in [2.45, 2.75) is 0 Å². The van der Waals surface area contributed by atoms with Gasteiger partial charge in [0.2, 0.25) is 0 Å². The lowest BCUT2D eigenvalue weighted by atomic mass is 10.1. The van der Waals surface area contributed by atoms with Crippen molar-refractivity contribution in [2.24, 2.45) is 0 Å². The molecule has 0 radical (unpaired) electrons. The Hall–Kier alpha value is -2.17. The average molecular weight is 364 g/mol. The van der Waals surface area contributed by atoms with Crippen LogP contribution >= 0.6 is 27.3 Å². The fourth-order valence-corrected chi connectivity index (χ4v) is 2.47. The number of carbonyl (C=O) groups excluding carboxylic acids is 1. The van der Waals surface area contributed by atoms with Crippen molar-refractivity contribution in [1.29, 1.82) is 5.26 Å². The van der Waals surface area contributed by atoms with Crippen molar-refractivity contribution in [3.8, 4) is 11.8 Å². The van der Waals surface area contributed by atoms with Gasteiger partial charge in [-0.1, -0.05) is 15.9 Å². The summed E-state index contributed by atoms with van der Waals surface area (Å²) in [5.74, 6) is 0.0717. The van der Waals surface area contributed by atoms with E-state index in [2.05, 4.69) is 26.2 Å². The molecule has 1 heterocycles. The number of hydrogen-bond donors (Lipinski definition) is 1. The smallest absolute Gasteiger partial charge is 0.268 e. The molecule has 2 aromatic rings.